The maximum atomic E-state index is 5.54. The van der Waals surface area contributed by atoms with E-state index >= 15 is 0 Å². The average molecular weight is 178 g/mol. The molecule has 2 heterocycles. The van der Waals surface area contributed by atoms with Crippen LogP contribution in [-0.4, -0.2) is 22.3 Å². The van der Waals surface area contributed by atoms with Gasteiger partial charge in [-0.3, -0.25) is 0 Å². The van der Waals surface area contributed by atoms with Gasteiger partial charge in [-0.05, 0) is 6.92 Å². The second-order valence-electron chi connectivity index (χ2n) is 2.96. The lowest BCUT2D eigenvalue weighted by Gasteiger charge is -2.10. The van der Waals surface area contributed by atoms with Crippen molar-refractivity contribution in [3.63, 3.8) is 0 Å². The van der Waals surface area contributed by atoms with Crippen LogP contribution in [0.4, 0.5) is 5.82 Å². The van der Waals surface area contributed by atoms with Crippen LogP contribution in [0.5, 0.6) is 0 Å². The minimum Gasteiger partial charge on any atom is -0.392 e. The molecule has 5 nitrogen and oxygen atoms in total. The summed E-state index contributed by atoms with van der Waals surface area (Å²) in [6.45, 7) is 1.94. The number of anilines is 1. The highest BCUT2D eigenvalue weighted by molar-refractivity contribution is 5.69. The monoisotopic (exact) mass is 178 g/mol. The summed E-state index contributed by atoms with van der Waals surface area (Å²) in [7, 11) is 0. The third-order valence-electron chi connectivity index (χ3n) is 2.01. The highest BCUT2D eigenvalue weighted by atomic mass is 16.6. The van der Waals surface area contributed by atoms with E-state index in [-0.39, 0.29) is 12.0 Å². The Morgan fingerprint density at radius 3 is 2.92 bits per heavy atom. The summed E-state index contributed by atoms with van der Waals surface area (Å²) in [4.78, 5) is 13.0. The van der Waals surface area contributed by atoms with E-state index in [9.17, 15) is 0 Å². The zero-order valence-corrected chi connectivity index (χ0v) is 7.21. The Morgan fingerprint density at radius 2 is 2.31 bits per heavy atom. The SMILES string of the molecule is CC1ON=CC1c1cc(N)ncn1. The minimum absolute atomic E-state index is 0.0225. The molecule has 0 fully saturated rings. The molecular formula is C8H10N4O. The number of rotatable bonds is 1. The van der Waals surface area contributed by atoms with Gasteiger partial charge in [0.2, 0.25) is 0 Å². The van der Waals surface area contributed by atoms with Gasteiger partial charge in [0.1, 0.15) is 18.2 Å². The summed E-state index contributed by atoms with van der Waals surface area (Å²) < 4.78 is 0. The molecule has 0 amide bonds. The first-order valence-corrected chi connectivity index (χ1v) is 4.04. The molecule has 0 spiro atoms. The molecule has 0 aliphatic carbocycles. The van der Waals surface area contributed by atoms with Crippen molar-refractivity contribution in [3.8, 4) is 0 Å². The number of oxime groups is 1. The van der Waals surface area contributed by atoms with Gasteiger partial charge in [0, 0.05) is 6.07 Å². The first-order chi connectivity index (χ1) is 6.27. The van der Waals surface area contributed by atoms with Gasteiger partial charge >= 0.3 is 0 Å². The summed E-state index contributed by atoms with van der Waals surface area (Å²) in [6.07, 6.45) is 3.20. The molecule has 0 radical (unpaired) electrons. The van der Waals surface area contributed by atoms with Gasteiger partial charge in [-0.15, -0.1) is 0 Å². The van der Waals surface area contributed by atoms with E-state index in [2.05, 4.69) is 15.1 Å². The topological polar surface area (TPSA) is 73.4 Å². The Labute approximate surface area is 75.6 Å². The van der Waals surface area contributed by atoms with Crippen molar-refractivity contribution in [3.05, 3.63) is 18.1 Å². The van der Waals surface area contributed by atoms with Gasteiger partial charge in [0.05, 0.1) is 17.8 Å². The van der Waals surface area contributed by atoms with E-state index in [0.717, 1.165) is 5.69 Å². The van der Waals surface area contributed by atoms with Gasteiger partial charge in [-0.2, -0.15) is 0 Å². The first-order valence-electron chi connectivity index (χ1n) is 4.04. The van der Waals surface area contributed by atoms with Gasteiger partial charge < -0.3 is 10.6 Å². The summed E-state index contributed by atoms with van der Waals surface area (Å²) in [5, 5.41) is 3.73. The van der Waals surface area contributed by atoms with Crippen molar-refractivity contribution in [1.29, 1.82) is 0 Å². The third kappa shape index (κ3) is 1.44. The number of nitrogens with zero attached hydrogens (tertiary/aromatic N) is 3. The smallest absolute Gasteiger partial charge is 0.138 e. The van der Waals surface area contributed by atoms with Gasteiger partial charge in [0.25, 0.3) is 0 Å². The molecule has 1 aromatic heterocycles. The Kier molecular flexibility index (Phi) is 1.84. The van der Waals surface area contributed by atoms with Crippen LogP contribution in [0.2, 0.25) is 0 Å². The van der Waals surface area contributed by atoms with E-state index in [4.69, 9.17) is 10.6 Å². The zero-order chi connectivity index (χ0) is 9.26. The molecule has 0 bridgehead atoms. The molecule has 13 heavy (non-hydrogen) atoms. The molecule has 2 N–H and O–H groups in total. The second kappa shape index (κ2) is 3.01. The molecule has 1 aliphatic heterocycles. The minimum atomic E-state index is 0.0225. The fraction of sp³-hybridized carbons (Fsp3) is 0.375. The van der Waals surface area contributed by atoms with Crippen molar-refractivity contribution in [2.75, 3.05) is 5.73 Å². The fourth-order valence-corrected chi connectivity index (χ4v) is 1.27. The average Bonchev–Trinajstić information content (AvgIpc) is 2.51. The van der Waals surface area contributed by atoms with Crippen LogP contribution < -0.4 is 5.73 Å². The Balaban J connectivity index is 2.29. The van der Waals surface area contributed by atoms with E-state index in [0.29, 0.717) is 5.82 Å². The molecule has 2 atom stereocenters. The Hall–Kier alpha value is -1.65. The molecule has 68 valence electrons. The van der Waals surface area contributed by atoms with E-state index in [1.807, 2.05) is 6.92 Å². The quantitative estimate of drug-likeness (QED) is 0.681. The summed E-state index contributed by atoms with van der Waals surface area (Å²) in [5.74, 6) is 0.558. The van der Waals surface area contributed by atoms with Crippen molar-refractivity contribution in [2.24, 2.45) is 5.16 Å². The number of nitrogen functional groups attached to an aromatic ring is 1. The normalized spacial score (nSPS) is 25.9. The summed E-state index contributed by atoms with van der Waals surface area (Å²) >= 11 is 0. The van der Waals surface area contributed by atoms with E-state index in [1.54, 1.807) is 12.3 Å². The van der Waals surface area contributed by atoms with Crippen molar-refractivity contribution >= 4 is 12.0 Å². The second-order valence-corrected chi connectivity index (χ2v) is 2.96. The first kappa shape index (κ1) is 7.97. The zero-order valence-electron chi connectivity index (χ0n) is 7.21. The van der Waals surface area contributed by atoms with Gasteiger partial charge in [-0.25, -0.2) is 9.97 Å². The number of nitrogens with two attached hydrogens (primary N) is 1. The molecule has 0 saturated carbocycles. The fourth-order valence-electron chi connectivity index (χ4n) is 1.27. The van der Waals surface area contributed by atoms with Crippen LogP contribution in [0.25, 0.3) is 0 Å². The standard InChI is InChI=1S/C8H10N4O/c1-5-6(3-12-13-5)7-2-8(9)11-4-10-7/h2-6H,1H3,(H2,9,10,11). The highest BCUT2D eigenvalue weighted by Gasteiger charge is 2.25. The molecule has 1 aliphatic rings. The number of aromatic nitrogens is 2. The number of hydrogen-bond acceptors (Lipinski definition) is 5. The van der Waals surface area contributed by atoms with Crippen molar-refractivity contribution in [2.45, 2.75) is 18.9 Å². The molecule has 1 aromatic rings. The maximum absolute atomic E-state index is 5.54. The van der Waals surface area contributed by atoms with Crippen molar-refractivity contribution < 1.29 is 4.84 Å². The lowest BCUT2D eigenvalue weighted by molar-refractivity contribution is 0.0898. The van der Waals surface area contributed by atoms with Crippen LogP contribution in [0, 0.1) is 0 Å². The number of hydrogen-bond donors (Lipinski definition) is 1. The largest absolute Gasteiger partial charge is 0.392 e. The van der Waals surface area contributed by atoms with Crippen LogP contribution in [0.3, 0.4) is 0 Å². The third-order valence-corrected chi connectivity index (χ3v) is 2.01. The van der Waals surface area contributed by atoms with Crippen LogP contribution in [0.1, 0.15) is 18.5 Å². The van der Waals surface area contributed by atoms with Crippen LogP contribution >= 0.6 is 0 Å². The van der Waals surface area contributed by atoms with E-state index in [1.165, 1.54) is 6.33 Å². The van der Waals surface area contributed by atoms with Gasteiger partial charge in [0.15, 0.2) is 0 Å². The van der Waals surface area contributed by atoms with Crippen LogP contribution in [0.15, 0.2) is 17.5 Å². The van der Waals surface area contributed by atoms with Gasteiger partial charge in [-0.1, -0.05) is 5.16 Å². The predicted molar refractivity (Wildman–Crippen MR) is 48.2 cm³/mol. The molecule has 5 heteroatoms. The Morgan fingerprint density at radius 1 is 1.46 bits per heavy atom. The molecule has 0 aromatic carbocycles. The molecule has 0 saturated heterocycles. The lowest BCUT2D eigenvalue weighted by Crippen LogP contribution is -2.14. The molecule has 2 rings (SSSR count). The maximum Gasteiger partial charge on any atom is 0.138 e. The summed E-state index contributed by atoms with van der Waals surface area (Å²) in [5.41, 5.74) is 6.38. The predicted octanol–water partition coefficient (Wildman–Crippen LogP) is 0.547. The highest BCUT2D eigenvalue weighted by Crippen LogP contribution is 2.23. The molecular weight excluding hydrogens is 168 g/mol. The molecule has 2 unspecified atom stereocenters. The van der Waals surface area contributed by atoms with Crippen molar-refractivity contribution in [1.82, 2.24) is 9.97 Å². The summed E-state index contributed by atoms with van der Waals surface area (Å²) in [6, 6.07) is 1.74. The Bertz CT molecular complexity index is 339. The van der Waals surface area contributed by atoms with E-state index < -0.39 is 0 Å². The lowest BCUT2D eigenvalue weighted by atomic mass is 10.0. The van der Waals surface area contributed by atoms with Crippen LogP contribution in [-0.2, 0) is 4.84 Å².